The highest BCUT2D eigenvalue weighted by atomic mass is 15.2. The summed E-state index contributed by atoms with van der Waals surface area (Å²) in [6, 6.07) is 7.55. The third kappa shape index (κ3) is 1.44. The molecule has 1 saturated heterocycles. The number of benzene rings is 1. The zero-order valence-electron chi connectivity index (χ0n) is 9.95. The molecule has 1 aromatic carbocycles. The number of rotatable bonds is 1. The molecule has 1 fully saturated rings. The average Bonchev–Trinajstić information content (AvgIpc) is 2.67. The molecule has 0 spiro atoms. The molecule has 0 aromatic heterocycles. The number of fused-ring (bicyclic) bond motifs is 3. The fraction of sp³-hybridized carbons (Fsp3) is 0.571. The van der Waals surface area contributed by atoms with Gasteiger partial charge < -0.3 is 10.6 Å². The summed E-state index contributed by atoms with van der Waals surface area (Å²) in [5.74, 6) is 0.696. The number of aryl methyl sites for hydroxylation is 1. The van der Waals surface area contributed by atoms with Crippen molar-refractivity contribution in [3.8, 4) is 0 Å². The molecular weight excluding hydrogens is 196 g/mol. The summed E-state index contributed by atoms with van der Waals surface area (Å²) in [5, 5.41) is 0. The van der Waals surface area contributed by atoms with Gasteiger partial charge in [-0.3, -0.25) is 0 Å². The Morgan fingerprint density at radius 1 is 1.44 bits per heavy atom. The van der Waals surface area contributed by atoms with E-state index in [1.807, 2.05) is 0 Å². The number of anilines is 1. The van der Waals surface area contributed by atoms with Gasteiger partial charge in [0.2, 0.25) is 0 Å². The maximum atomic E-state index is 5.90. The Kier molecular flexibility index (Phi) is 2.40. The van der Waals surface area contributed by atoms with Crippen molar-refractivity contribution in [2.24, 2.45) is 11.7 Å². The van der Waals surface area contributed by atoms with Crippen molar-refractivity contribution in [1.29, 1.82) is 0 Å². The first-order valence-corrected chi connectivity index (χ1v) is 6.36. The Morgan fingerprint density at radius 3 is 3.12 bits per heavy atom. The highest BCUT2D eigenvalue weighted by Crippen LogP contribution is 2.39. The Bertz CT molecular complexity index is 400. The van der Waals surface area contributed by atoms with Gasteiger partial charge in [-0.15, -0.1) is 0 Å². The average molecular weight is 216 g/mol. The van der Waals surface area contributed by atoms with Crippen LogP contribution in [0.3, 0.4) is 0 Å². The summed E-state index contributed by atoms with van der Waals surface area (Å²) < 4.78 is 0. The van der Waals surface area contributed by atoms with Crippen molar-refractivity contribution < 1.29 is 0 Å². The molecule has 2 nitrogen and oxygen atoms in total. The van der Waals surface area contributed by atoms with Gasteiger partial charge in [0.25, 0.3) is 0 Å². The highest BCUT2D eigenvalue weighted by Gasteiger charge is 2.36. The van der Waals surface area contributed by atoms with E-state index in [1.54, 1.807) is 0 Å². The summed E-state index contributed by atoms with van der Waals surface area (Å²) >= 11 is 0. The first-order valence-electron chi connectivity index (χ1n) is 6.36. The number of nitrogens with two attached hydrogens (primary N) is 1. The second-order valence-electron chi connectivity index (χ2n) is 5.24. The summed E-state index contributed by atoms with van der Waals surface area (Å²) in [6.07, 6.45) is 3.81. The van der Waals surface area contributed by atoms with E-state index in [9.17, 15) is 0 Å². The SMILES string of the molecule is Cc1ccc2c(c1)N1CCCC(CN)C1C2. The molecule has 2 unspecified atom stereocenters. The molecule has 0 bridgehead atoms. The molecule has 3 rings (SSSR count). The second-order valence-corrected chi connectivity index (χ2v) is 5.24. The zero-order valence-corrected chi connectivity index (χ0v) is 9.95. The van der Waals surface area contributed by atoms with E-state index >= 15 is 0 Å². The molecule has 2 aliphatic rings. The molecule has 0 amide bonds. The summed E-state index contributed by atoms with van der Waals surface area (Å²) in [5.41, 5.74) is 10.3. The Hall–Kier alpha value is -1.02. The van der Waals surface area contributed by atoms with E-state index in [2.05, 4.69) is 30.0 Å². The number of hydrogen-bond donors (Lipinski definition) is 1. The van der Waals surface area contributed by atoms with Crippen LogP contribution in [0.1, 0.15) is 24.0 Å². The van der Waals surface area contributed by atoms with E-state index in [0.717, 1.165) is 6.54 Å². The van der Waals surface area contributed by atoms with Gasteiger partial charge in [-0.05, 0) is 55.8 Å². The number of nitrogens with zero attached hydrogens (tertiary/aromatic N) is 1. The Balaban J connectivity index is 1.97. The normalized spacial score (nSPS) is 27.8. The standard InChI is InChI=1S/C14H20N2/c1-10-4-5-11-8-14-12(9-15)3-2-6-16(14)13(11)7-10/h4-5,7,12,14H,2-3,6,8-9,15H2,1H3. The minimum atomic E-state index is 0.676. The van der Waals surface area contributed by atoms with Crippen molar-refractivity contribution in [1.82, 2.24) is 0 Å². The van der Waals surface area contributed by atoms with Crippen LogP contribution < -0.4 is 10.6 Å². The highest BCUT2D eigenvalue weighted by molar-refractivity contribution is 5.61. The molecule has 0 aliphatic carbocycles. The minimum Gasteiger partial charge on any atom is -0.368 e. The number of hydrogen-bond acceptors (Lipinski definition) is 2. The van der Waals surface area contributed by atoms with Crippen molar-refractivity contribution in [2.75, 3.05) is 18.0 Å². The van der Waals surface area contributed by atoms with E-state index in [-0.39, 0.29) is 0 Å². The monoisotopic (exact) mass is 216 g/mol. The molecule has 86 valence electrons. The van der Waals surface area contributed by atoms with Gasteiger partial charge in [-0.2, -0.15) is 0 Å². The molecule has 0 saturated carbocycles. The van der Waals surface area contributed by atoms with Gasteiger partial charge in [0, 0.05) is 18.3 Å². The van der Waals surface area contributed by atoms with E-state index < -0.39 is 0 Å². The van der Waals surface area contributed by atoms with Gasteiger partial charge in [0.1, 0.15) is 0 Å². The van der Waals surface area contributed by atoms with Crippen molar-refractivity contribution in [3.63, 3.8) is 0 Å². The van der Waals surface area contributed by atoms with Gasteiger partial charge in [0.15, 0.2) is 0 Å². The van der Waals surface area contributed by atoms with Crippen LogP contribution in [0.15, 0.2) is 18.2 Å². The first-order chi connectivity index (χ1) is 7.79. The van der Waals surface area contributed by atoms with Gasteiger partial charge in [0.05, 0.1) is 0 Å². The van der Waals surface area contributed by atoms with E-state index in [0.29, 0.717) is 12.0 Å². The lowest BCUT2D eigenvalue weighted by atomic mass is 9.89. The summed E-state index contributed by atoms with van der Waals surface area (Å²) in [6.45, 7) is 4.24. The Labute approximate surface area is 97.4 Å². The van der Waals surface area contributed by atoms with Crippen LogP contribution in [0.25, 0.3) is 0 Å². The van der Waals surface area contributed by atoms with E-state index in [4.69, 9.17) is 5.73 Å². The van der Waals surface area contributed by atoms with Gasteiger partial charge in [-0.25, -0.2) is 0 Å². The number of piperidine rings is 1. The third-order valence-electron chi connectivity index (χ3n) is 4.20. The van der Waals surface area contributed by atoms with Crippen molar-refractivity contribution in [3.05, 3.63) is 29.3 Å². The minimum absolute atomic E-state index is 0.676. The maximum absolute atomic E-state index is 5.90. The molecule has 2 N–H and O–H groups in total. The lowest BCUT2D eigenvalue weighted by Gasteiger charge is -2.38. The van der Waals surface area contributed by atoms with Crippen molar-refractivity contribution >= 4 is 5.69 Å². The zero-order chi connectivity index (χ0) is 11.1. The van der Waals surface area contributed by atoms with Crippen LogP contribution in [0.4, 0.5) is 5.69 Å². The molecule has 2 aliphatic heterocycles. The van der Waals surface area contributed by atoms with Crippen LogP contribution in [-0.4, -0.2) is 19.1 Å². The van der Waals surface area contributed by atoms with Crippen LogP contribution in [0, 0.1) is 12.8 Å². The van der Waals surface area contributed by atoms with Crippen LogP contribution in [0.5, 0.6) is 0 Å². The lowest BCUT2D eigenvalue weighted by molar-refractivity contribution is 0.339. The first kappa shape index (κ1) is 10.2. The quantitative estimate of drug-likeness (QED) is 0.779. The van der Waals surface area contributed by atoms with Crippen LogP contribution in [-0.2, 0) is 6.42 Å². The molecule has 2 heterocycles. The van der Waals surface area contributed by atoms with Gasteiger partial charge in [-0.1, -0.05) is 12.1 Å². The maximum Gasteiger partial charge on any atom is 0.0404 e. The second kappa shape index (κ2) is 3.77. The molecule has 1 aromatic rings. The molecular formula is C14H20N2. The largest absolute Gasteiger partial charge is 0.368 e. The van der Waals surface area contributed by atoms with Crippen LogP contribution >= 0.6 is 0 Å². The fourth-order valence-electron chi connectivity index (χ4n) is 3.33. The molecule has 0 radical (unpaired) electrons. The fourth-order valence-corrected chi connectivity index (χ4v) is 3.33. The molecule has 2 heteroatoms. The summed E-state index contributed by atoms with van der Waals surface area (Å²) in [7, 11) is 0. The predicted octanol–water partition coefficient (Wildman–Crippen LogP) is 2.09. The predicted molar refractivity (Wildman–Crippen MR) is 67.8 cm³/mol. The van der Waals surface area contributed by atoms with Gasteiger partial charge >= 0.3 is 0 Å². The summed E-state index contributed by atoms with van der Waals surface area (Å²) in [4.78, 5) is 2.60. The lowest BCUT2D eigenvalue weighted by Crippen LogP contribution is -2.45. The third-order valence-corrected chi connectivity index (χ3v) is 4.20. The Morgan fingerprint density at radius 2 is 2.31 bits per heavy atom. The van der Waals surface area contributed by atoms with Crippen molar-refractivity contribution in [2.45, 2.75) is 32.2 Å². The smallest absolute Gasteiger partial charge is 0.0404 e. The topological polar surface area (TPSA) is 29.3 Å². The van der Waals surface area contributed by atoms with Crippen LogP contribution in [0.2, 0.25) is 0 Å². The molecule has 16 heavy (non-hydrogen) atoms. The molecule has 2 atom stereocenters. The van der Waals surface area contributed by atoms with E-state index in [1.165, 1.54) is 42.6 Å².